The van der Waals surface area contributed by atoms with Crippen molar-refractivity contribution in [2.45, 2.75) is 71.0 Å². The van der Waals surface area contributed by atoms with E-state index in [4.69, 9.17) is 10.8 Å². The first-order chi connectivity index (χ1) is 11.4. The summed E-state index contributed by atoms with van der Waals surface area (Å²) in [5, 5.41) is 0. The van der Waals surface area contributed by atoms with Gasteiger partial charge in [0.2, 0.25) is 0 Å². The fraction of sp³-hybridized carbons (Fsp3) is 0.545. The third kappa shape index (κ3) is 7.99. The van der Waals surface area contributed by atoms with Crippen LogP contribution in [-0.2, 0) is 4.43 Å². The molecule has 24 heavy (non-hydrogen) atoms. The normalized spacial score (nSPS) is 13.7. The number of allylic oxidation sites excluding steroid dienone is 8. The van der Waals surface area contributed by atoms with Crippen LogP contribution in [0.1, 0.15) is 54.4 Å². The molecule has 0 radical (unpaired) electrons. The maximum absolute atomic E-state index is 6.55. The molecule has 2 heteroatoms. The Kier molecular flexibility index (Phi) is 12.3. The highest BCUT2D eigenvalue weighted by molar-refractivity contribution is 6.77. The lowest BCUT2D eigenvalue weighted by Gasteiger charge is -2.42. The molecule has 0 fully saturated rings. The van der Waals surface area contributed by atoms with Crippen molar-refractivity contribution in [1.29, 1.82) is 0 Å². The van der Waals surface area contributed by atoms with E-state index in [9.17, 15) is 0 Å². The zero-order valence-electron chi connectivity index (χ0n) is 16.5. The second kappa shape index (κ2) is 13.0. The first-order valence-electron chi connectivity index (χ1n) is 9.14. The Morgan fingerprint density at radius 1 is 0.833 bits per heavy atom. The molecule has 0 aromatic heterocycles. The van der Waals surface area contributed by atoms with Gasteiger partial charge in [-0.25, -0.2) is 0 Å². The van der Waals surface area contributed by atoms with Gasteiger partial charge in [0.1, 0.15) is 0 Å². The molecule has 0 saturated heterocycles. The van der Waals surface area contributed by atoms with E-state index in [0.717, 1.165) is 19.4 Å². The van der Waals surface area contributed by atoms with E-state index in [2.05, 4.69) is 59.6 Å². The summed E-state index contributed by atoms with van der Waals surface area (Å²) in [6, 6.07) is 0. The van der Waals surface area contributed by atoms with Gasteiger partial charge in [0.15, 0.2) is 8.32 Å². The molecule has 0 spiro atoms. The van der Waals surface area contributed by atoms with Crippen molar-refractivity contribution in [2.75, 3.05) is 6.61 Å². The van der Waals surface area contributed by atoms with Gasteiger partial charge in [-0.05, 0) is 35.5 Å². The van der Waals surface area contributed by atoms with E-state index >= 15 is 0 Å². The van der Waals surface area contributed by atoms with Crippen LogP contribution < -0.4 is 0 Å². The van der Waals surface area contributed by atoms with Crippen LogP contribution in [0.3, 0.4) is 0 Å². The average molecular weight is 345 g/mol. The smallest absolute Gasteiger partial charge is 0.200 e. The van der Waals surface area contributed by atoms with E-state index < -0.39 is 8.32 Å². The lowest BCUT2D eigenvalue weighted by atomic mass is 10.3. The Morgan fingerprint density at radius 3 is 1.83 bits per heavy atom. The Bertz CT molecular complexity index is 451. The van der Waals surface area contributed by atoms with E-state index in [1.54, 1.807) is 6.08 Å². The second-order valence-electron chi connectivity index (χ2n) is 7.03. The van der Waals surface area contributed by atoms with Crippen LogP contribution in [0.4, 0.5) is 0 Å². The van der Waals surface area contributed by atoms with Gasteiger partial charge in [0.25, 0.3) is 0 Å². The minimum atomic E-state index is -1.69. The average Bonchev–Trinajstić information content (AvgIpc) is 2.51. The van der Waals surface area contributed by atoms with Crippen LogP contribution in [0.15, 0.2) is 48.6 Å². The number of unbranched alkanes of at least 4 members (excludes halogenated alkanes) is 1. The molecule has 134 valence electrons. The molecule has 1 nitrogen and oxygen atoms in total. The Morgan fingerprint density at radius 2 is 1.33 bits per heavy atom. The first kappa shape index (κ1) is 22.7. The highest BCUT2D eigenvalue weighted by atomic mass is 28.4. The zero-order valence-corrected chi connectivity index (χ0v) is 17.5. The zero-order chi connectivity index (χ0) is 18.4. The summed E-state index contributed by atoms with van der Waals surface area (Å²) in [6.07, 6.45) is 23.0. The highest BCUT2D eigenvalue weighted by Gasteiger charge is 2.44. The van der Waals surface area contributed by atoms with Crippen LogP contribution >= 0.6 is 0 Å². The Labute approximate surface area is 151 Å². The molecule has 0 atom stereocenters. The van der Waals surface area contributed by atoms with Gasteiger partial charge in [0, 0.05) is 6.61 Å². The van der Waals surface area contributed by atoms with Gasteiger partial charge in [-0.2, -0.15) is 0 Å². The molecule has 0 aromatic rings. The van der Waals surface area contributed by atoms with Crippen LogP contribution in [0, 0.1) is 12.3 Å². The van der Waals surface area contributed by atoms with Crippen molar-refractivity contribution in [2.24, 2.45) is 0 Å². The summed E-state index contributed by atoms with van der Waals surface area (Å²) >= 11 is 0. The van der Waals surface area contributed by atoms with E-state index in [1.165, 1.54) is 0 Å². The molecule has 0 aliphatic heterocycles. The van der Waals surface area contributed by atoms with Crippen LogP contribution in [0.5, 0.6) is 0 Å². The van der Waals surface area contributed by atoms with Crippen molar-refractivity contribution in [1.82, 2.24) is 0 Å². The van der Waals surface area contributed by atoms with Crippen molar-refractivity contribution in [3.05, 3.63) is 48.6 Å². The summed E-state index contributed by atoms with van der Waals surface area (Å²) in [5.74, 6) is 2.45. The summed E-state index contributed by atoms with van der Waals surface area (Å²) in [7, 11) is -1.69. The fourth-order valence-electron chi connectivity index (χ4n) is 3.49. The number of terminal acetylenes is 1. The minimum Gasteiger partial charge on any atom is -0.416 e. The summed E-state index contributed by atoms with van der Waals surface area (Å²) in [5.41, 5.74) is 1.98. The Balaban J connectivity index is 4.22. The molecular formula is C22H36OSi. The molecule has 0 N–H and O–H groups in total. The number of hydrogen-bond donors (Lipinski definition) is 0. The van der Waals surface area contributed by atoms with Gasteiger partial charge in [-0.3, -0.25) is 0 Å². The largest absolute Gasteiger partial charge is 0.416 e. The van der Waals surface area contributed by atoms with Gasteiger partial charge in [-0.15, -0.1) is 6.42 Å². The molecule has 0 unspecified atom stereocenters. The molecule has 0 aliphatic rings. The molecule has 0 bridgehead atoms. The standard InChI is InChI=1S/C22H36OSi/c1-8-9-10-11-12-13-14-15-16-17-18-19-23-24(20(2)3,21(4)5)22(6)7/h1,9-16,20-22H,17-19H2,2-7H3/b10-9+,12-11+,14-13+,16-15+. The van der Waals surface area contributed by atoms with Crippen molar-refractivity contribution < 1.29 is 4.43 Å². The number of rotatable bonds is 11. The fourth-order valence-corrected chi connectivity index (χ4v) is 8.99. The lowest BCUT2D eigenvalue weighted by molar-refractivity contribution is 0.273. The summed E-state index contributed by atoms with van der Waals surface area (Å²) < 4.78 is 6.55. The molecule has 0 aliphatic carbocycles. The van der Waals surface area contributed by atoms with E-state index in [0.29, 0.717) is 16.6 Å². The van der Waals surface area contributed by atoms with E-state index in [-0.39, 0.29) is 0 Å². The van der Waals surface area contributed by atoms with Crippen molar-refractivity contribution >= 4 is 8.32 Å². The van der Waals surface area contributed by atoms with Crippen LogP contribution in [-0.4, -0.2) is 14.9 Å². The van der Waals surface area contributed by atoms with Gasteiger partial charge in [0.05, 0.1) is 0 Å². The lowest BCUT2D eigenvalue weighted by Crippen LogP contribution is -2.47. The third-order valence-electron chi connectivity index (χ3n) is 4.46. The molecule has 0 saturated carbocycles. The molecular weight excluding hydrogens is 308 g/mol. The predicted molar refractivity (Wildman–Crippen MR) is 112 cm³/mol. The van der Waals surface area contributed by atoms with Crippen molar-refractivity contribution in [3.63, 3.8) is 0 Å². The minimum absolute atomic E-state index is 0.659. The van der Waals surface area contributed by atoms with E-state index in [1.807, 2.05) is 30.4 Å². The SMILES string of the molecule is C#C/C=C/C=C/C=C/C=C/CCCO[Si](C(C)C)(C(C)C)C(C)C. The second-order valence-corrected chi connectivity index (χ2v) is 12.5. The summed E-state index contributed by atoms with van der Waals surface area (Å²) in [6.45, 7) is 14.9. The maximum Gasteiger partial charge on any atom is 0.200 e. The number of hydrogen-bond acceptors (Lipinski definition) is 1. The quantitative estimate of drug-likeness (QED) is 0.173. The third-order valence-corrected chi connectivity index (χ3v) is 10.6. The molecule has 0 aromatic carbocycles. The summed E-state index contributed by atoms with van der Waals surface area (Å²) in [4.78, 5) is 0. The molecule has 0 amide bonds. The first-order valence-corrected chi connectivity index (χ1v) is 11.3. The topological polar surface area (TPSA) is 9.23 Å². The molecule has 0 rings (SSSR count). The highest BCUT2D eigenvalue weighted by Crippen LogP contribution is 2.42. The van der Waals surface area contributed by atoms with Gasteiger partial charge >= 0.3 is 0 Å². The maximum atomic E-state index is 6.55. The Hall–Kier alpha value is -1.30. The van der Waals surface area contributed by atoms with Crippen LogP contribution in [0.25, 0.3) is 0 Å². The molecule has 0 heterocycles. The van der Waals surface area contributed by atoms with Gasteiger partial charge < -0.3 is 4.43 Å². The predicted octanol–water partition coefficient (Wildman–Crippen LogP) is 6.82. The monoisotopic (exact) mass is 344 g/mol. The van der Waals surface area contributed by atoms with Crippen LogP contribution in [0.2, 0.25) is 16.6 Å². The van der Waals surface area contributed by atoms with Gasteiger partial charge in [-0.1, -0.05) is 90.0 Å². The van der Waals surface area contributed by atoms with Crippen molar-refractivity contribution in [3.8, 4) is 12.3 Å².